The van der Waals surface area contributed by atoms with Crippen LogP contribution in [0.15, 0.2) is 29.5 Å². The second-order valence-corrected chi connectivity index (χ2v) is 4.61. The molecule has 2 rings (SSSR count). The lowest BCUT2D eigenvalue weighted by Crippen LogP contribution is -2.44. The summed E-state index contributed by atoms with van der Waals surface area (Å²) >= 11 is 5.06. The Labute approximate surface area is 112 Å². The minimum Gasteiger partial charge on any atom is -0.374 e. The first-order valence-electron chi connectivity index (χ1n) is 5.99. The minimum absolute atomic E-state index is 0.271. The van der Waals surface area contributed by atoms with Gasteiger partial charge in [-0.3, -0.25) is 4.98 Å². The van der Waals surface area contributed by atoms with Crippen molar-refractivity contribution in [1.82, 2.24) is 15.1 Å². The standard InChI is InChI=1S/C12H17N5S/c1-10(11-6-2-3-7-14-11)15-17(12(13)18)16-8-4-5-9-16/h2-3,6-7H,4-5,8-9H2,1H3,(H2,13,18). The molecule has 0 atom stereocenters. The average Bonchev–Trinajstić information content (AvgIpc) is 2.90. The van der Waals surface area contributed by atoms with E-state index >= 15 is 0 Å². The van der Waals surface area contributed by atoms with Crippen molar-refractivity contribution in [2.75, 3.05) is 13.1 Å². The summed E-state index contributed by atoms with van der Waals surface area (Å²) in [4.78, 5) is 4.26. The molecule has 0 saturated carbocycles. The zero-order valence-electron chi connectivity index (χ0n) is 10.4. The van der Waals surface area contributed by atoms with E-state index in [-0.39, 0.29) is 5.11 Å². The molecular formula is C12H17N5S. The summed E-state index contributed by atoms with van der Waals surface area (Å²) in [5, 5.41) is 8.43. The van der Waals surface area contributed by atoms with E-state index in [0.717, 1.165) is 37.3 Å². The first-order valence-corrected chi connectivity index (χ1v) is 6.40. The van der Waals surface area contributed by atoms with Crippen molar-refractivity contribution >= 4 is 23.0 Å². The summed E-state index contributed by atoms with van der Waals surface area (Å²) in [6.07, 6.45) is 4.05. The molecule has 18 heavy (non-hydrogen) atoms. The molecule has 5 nitrogen and oxygen atoms in total. The van der Waals surface area contributed by atoms with Gasteiger partial charge in [-0.2, -0.15) is 15.2 Å². The maximum atomic E-state index is 5.73. The normalized spacial score (nSPS) is 16.8. The van der Waals surface area contributed by atoms with Gasteiger partial charge in [-0.1, -0.05) is 6.07 Å². The molecule has 0 aromatic carbocycles. The van der Waals surface area contributed by atoms with Crippen LogP contribution in [0.5, 0.6) is 0 Å². The van der Waals surface area contributed by atoms with Gasteiger partial charge in [-0.25, -0.2) is 0 Å². The second kappa shape index (κ2) is 5.88. The molecule has 1 fully saturated rings. The molecule has 0 unspecified atom stereocenters. The van der Waals surface area contributed by atoms with Crippen LogP contribution in [-0.4, -0.2) is 39.0 Å². The fourth-order valence-corrected chi connectivity index (χ4v) is 2.07. The Balaban J connectivity index is 2.19. The molecule has 1 aromatic heterocycles. The van der Waals surface area contributed by atoms with Gasteiger partial charge in [0.2, 0.25) is 5.11 Å². The van der Waals surface area contributed by atoms with Gasteiger partial charge in [0.1, 0.15) is 0 Å². The fourth-order valence-electron chi connectivity index (χ4n) is 1.91. The predicted octanol–water partition coefficient (Wildman–Crippen LogP) is 1.36. The highest BCUT2D eigenvalue weighted by molar-refractivity contribution is 7.80. The molecule has 0 aliphatic carbocycles. The number of hydrogen-bond donors (Lipinski definition) is 1. The first kappa shape index (κ1) is 12.9. The number of hydrazine groups is 1. The van der Waals surface area contributed by atoms with Crippen LogP contribution in [0.4, 0.5) is 0 Å². The van der Waals surface area contributed by atoms with E-state index in [1.807, 2.05) is 25.1 Å². The highest BCUT2D eigenvalue weighted by atomic mass is 32.1. The van der Waals surface area contributed by atoms with Crippen molar-refractivity contribution in [1.29, 1.82) is 0 Å². The fraction of sp³-hybridized carbons (Fsp3) is 0.417. The van der Waals surface area contributed by atoms with Crippen LogP contribution in [0.3, 0.4) is 0 Å². The number of hydrazone groups is 1. The lowest BCUT2D eigenvalue weighted by molar-refractivity contribution is 0.0792. The van der Waals surface area contributed by atoms with Crippen LogP contribution in [0.1, 0.15) is 25.5 Å². The number of nitrogens with two attached hydrogens (primary N) is 1. The molecule has 1 aliphatic heterocycles. The predicted molar refractivity (Wildman–Crippen MR) is 75.9 cm³/mol. The van der Waals surface area contributed by atoms with E-state index in [4.69, 9.17) is 18.0 Å². The number of thiocarbonyl (C=S) groups is 1. The summed E-state index contributed by atoms with van der Waals surface area (Å²) < 4.78 is 0. The van der Waals surface area contributed by atoms with Crippen molar-refractivity contribution in [2.24, 2.45) is 10.8 Å². The van der Waals surface area contributed by atoms with Gasteiger partial charge in [0, 0.05) is 19.3 Å². The first-order chi connectivity index (χ1) is 8.68. The van der Waals surface area contributed by atoms with Crippen molar-refractivity contribution in [3.05, 3.63) is 30.1 Å². The Morgan fingerprint density at radius 3 is 2.72 bits per heavy atom. The monoisotopic (exact) mass is 263 g/mol. The van der Waals surface area contributed by atoms with Gasteiger partial charge in [-0.15, -0.1) is 0 Å². The number of nitrogens with zero attached hydrogens (tertiary/aromatic N) is 4. The third kappa shape index (κ3) is 3.02. The average molecular weight is 263 g/mol. The topological polar surface area (TPSA) is 57.8 Å². The van der Waals surface area contributed by atoms with Crippen LogP contribution in [0.2, 0.25) is 0 Å². The van der Waals surface area contributed by atoms with Crippen LogP contribution in [-0.2, 0) is 0 Å². The number of aromatic nitrogens is 1. The molecule has 0 bridgehead atoms. The molecule has 2 N–H and O–H groups in total. The molecule has 0 spiro atoms. The zero-order valence-corrected chi connectivity index (χ0v) is 11.2. The Bertz CT molecular complexity index is 439. The van der Waals surface area contributed by atoms with Crippen molar-refractivity contribution in [3.63, 3.8) is 0 Å². The number of rotatable bonds is 3. The van der Waals surface area contributed by atoms with Gasteiger partial charge in [-0.05, 0) is 44.1 Å². The van der Waals surface area contributed by atoms with E-state index in [0.29, 0.717) is 0 Å². The number of hydrogen-bond acceptors (Lipinski definition) is 4. The Kier molecular flexibility index (Phi) is 4.22. The Morgan fingerprint density at radius 2 is 2.17 bits per heavy atom. The summed E-state index contributed by atoms with van der Waals surface area (Å²) in [5.41, 5.74) is 7.36. The molecule has 96 valence electrons. The van der Waals surface area contributed by atoms with Gasteiger partial charge >= 0.3 is 0 Å². The van der Waals surface area contributed by atoms with E-state index in [2.05, 4.69) is 15.1 Å². The van der Waals surface area contributed by atoms with E-state index < -0.39 is 0 Å². The maximum Gasteiger partial charge on any atom is 0.203 e. The third-order valence-corrected chi connectivity index (χ3v) is 2.99. The largest absolute Gasteiger partial charge is 0.374 e. The molecule has 6 heteroatoms. The molecule has 0 radical (unpaired) electrons. The summed E-state index contributed by atoms with van der Waals surface area (Å²) in [5.74, 6) is 0. The van der Waals surface area contributed by atoms with Gasteiger partial charge in [0.15, 0.2) is 0 Å². The van der Waals surface area contributed by atoms with Crippen molar-refractivity contribution < 1.29 is 0 Å². The van der Waals surface area contributed by atoms with E-state index in [1.54, 1.807) is 11.3 Å². The molecule has 1 aliphatic rings. The van der Waals surface area contributed by atoms with E-state index in [9.17, 15) is 0 Å². The summed E-state index contributed by atoms with van der Waals surface area (Å²) in [7, 11) is 0. The molecule has 1 aromatic rings. The Hall–Kier alpha value is -1.53. The highest BCUT2D eigenvalue weighted by Gasteiger charge is 2.20. The van der Waals surface area contributed by atoms with Crippen molar-refractivity contribution in [2.45, 2.75) is 19.8 Å². The van der Waals surface area contributed by atoms with Gasteiger partial charge in [0.05, 0.1) is 11.4 Å². The maximum absolute atomic E-state index is 5.73. The minimum atomic E-state index is 0.271. The lowest BCUT2D eigenvalue weighted by Gasteiger charge is -2.27. The summed E-state index contributed by atoms with van der Waals surface area (Å²) in [6.45, 7) is 3.79. The van der Waals surface area contributed by atoms with Crippen LogP contribution in [0.25, 0.3) is 0 Å². The smallest absolute Gasteiger partial charge is 0.203 e. The molecular weight excluding hydrogens is 246 g/mol. The van der Waals surface area contributed by atoms with Crippen LogP contribution >= 0.6 is 12.2 Å². The van der Waals surface area contributed by atoms with Crippen molar-refractivity contribution in [3.8, 4) is 0 Å². The van der Waals surface area contributed by atoms with Gasteiger partial charge in [0.25, 0.3) is 0 Å². The number of pyridine rings is 1. The second-order valence-electron chi connectivity index (χ2n) is 4.19. The zero-order chi connectivity index (χ0) is 13.0. The molecule has 0 amide bonds. The lowest BCUT2D eigenvalue weighted by atomic mass is 10.3. The summed E-state index contributed by atoms with van der Waals surface area (Å²) in [6, 6.07) is 5.73. The molecule has 1 saturated heterocycles. The van der Waals surface area contributed by atoms with Gasteiger partial charge < -0.3 is 5.73 Å². The third-order valence-electron chi connectivity index (χ3n) is 2.83. The van der Waals surface area contributed by atoms with E-state index in [1.165, 1.54) is 0 Å². The van der Waals surface area contributed by atoms with Crippen LogP contribution < -0.4 is 5.73 Å². The Morgan fingerprint density at radius 1 is 1.44 bits per heavy atom. The quantitative estimate of drug-likeness (QED) is 0.507. The SMILES string of the molecule is CC(=NN(C(N)=S)N1CCCC1)c1ccccn1. The molecule has 2 heterocycles. The highest BCUT2D eigenvalue weighted by Crippen LogP contribution is 2.12. The van der Waals surface area contributed by atoms with Crippen LogP contribution in [0, 0.1) is 0 Å².